The molecule has 1 saturated heterocycles. The average molecular weight is 97.1 g/mol. The molecule has 2 heteroatoms. The normalized spacial score (nSPS) is 31.7. The Morgan fingerprint density at radius 2 is 2.29 bits per heavy atom. The van der Waals surface area contributed by atoms with E-state index < -0.39 is 0 Å². The van der Waals surface area contributed by atoms with E-state index in [9.17, 15) is 4.79 Å². The number of rotatable bonds is 0. The third kappa shape index (κ3) is 0.243. The second-order valence-corrected chi connectivity index (χ2v) is 2.46. The van der Waals surface area contributed by atoms with Gasteiger partial charge in [0.1, 0.15) is 0 Å². The molecule has 7 heavy (non-hydrogen) atoms. The molecule has 2 aliphatic rings. The minimum atomic E-state index is 0.181. The van der Waals surface area contributed by atoms with Crippen molar-refractivity contribution >= 4 is 5.91 Å². The SMILES string of the molecule is O=C1NCC12CC2. The number of carbonyl (C=O) groups excluding carboxylic acids is 1. The van der Waals surface area contributed by atoms with Crippen LogP contribution in [0.25, 0.3) is 0 Å². The monoisotopic (exact) mass is 97.1 g/mol. The van der Waals surface area contributed by atoms with Gasteiger partial charge in [-0.05, 0) is 12.8 Å². The molecule has 0 atom stereocenters. The Kier molecular flexibility index (Phi) is 0.348. The van der Waals surface area contributed by atoms with Crippen LogP contribution < -0.4 is 5.32 Å². The summed E-state index contributed by atoms with van der Waals surface area (Å²) in [6.45, 7) is 0.950. The number of hydrogen-bond donors (Lipinski definition) is 1. The minimum Gasteiger partial charge on any atom is -0.354 e. The van der Waals surface area contributed by atoms with Crippen LogP contribution in [0.4, 0.5) is 0 Å². The van der Waals surface area contributed by atoms with Gasteiger partial charge in [-0.3, -0.25) is 4.79 Å². The van der Waals surface area contributed by atoms with Crippen molar-refractivity contribution in [1.29, 1.82) is 0 Å². The van der Waals surface area contributed by atoms with Crippen molar-refractivity contribution in [2.45, 2.75) is 12.8 Å². The smallest absolute Gasteiger partial charge is 0.228 e. The van der Waals surface area contributed by atoms with E-state index in [1.54, 1.807) is 0 Å². The Morgan fingerprint density at radius 1 is 1.57 bits per heavy atom. The van der Waals surface area contributed by atoms with E-state index >= 15 is 0 Å². The molecule has 0 aromatic rings. The lowest BCUT2D eigenvalue weighted by Crippen LogP contribution is -2.50. The molecule has 0 bridgehead atoms. The van der Waals surface area contributed by atoms with E-state index in [-0.39, 0.29) is 11.3 Å². The summed E-state index contributed by atoms with van der Waals surface area (Å²) < 4.78 is 0. The predicted molar refractivity (Wildman–Crippen MR) is 24.7 cm³/mol. The number of carbonyl (C=O) groups is 1. The van der Waals surface area contributed by atoms with E-state index in [2.05, 4.69) is 5.32 Å². The summed E-state index contributed by atoms with van der Waals surface area (Å²) in [5, 5.41) is 2.72. The van der Waals surface area contributed by atoms with Crippen molar-refractivity contribution in [3.63, 3.8) is 0 Å². The van der Waals surface area contributed by atoms with Crippen LogP contribution >= 0.6 is 0 Å². The zero-order valence-electron chi connectivity index (χ0n) is 4.03. The van der Waals surface area contributed by atoms with E-state index in [0.29, 0.717) is 0 Å². The molecule has 0 aromatic carbocycles. The summed E-state index contributed by atoms with van der Waals surface area (Å²) in [6, 6.07) is 0. The maximum atomic E-state index is 10.5. The van der Waals surface area contributed by atoms with Crippen LogP contribution in [0.1, 0.15) is 12.8 Å². The molecule has 38 valence electrons. The highest BCUT2D eigenvalue weighted by atomic mass is 16.2. The zero-order valence-corrected chi connectivity index (χ0v) is 4.03. The molecule has 1 N–H and O–H groups in total. The molecule has 2 nitrogen and oxygen atoms in total. The van der Waals surface area contributed by atoms with Crippen LogP contribution in [-0.2, 0) is 4.79 Å². The lowest BCUT2D eigenvalue weighted by molar-refractivity contribution is -0.132. The zero-order chi connectivity index (χ0) is 4.91. The third-order valence-electron chi connectivity index (χ3n) is 1.92. The predicted octanol–water partition coefficient (Wildman–Crippen LogP) is -0.104. The van der Waals surface area contributed by atoms with Gasteiger partial charge in [0.15, 0.2) is 0 Å². The van der Waals surface area contributed by atoms with Gasteiger partial charge in [-0.25, -0.2) is 0 Å². The quantitative estimate of drug-likeness (QED) is 0.420. The molecule has 1 aliphatic heterocycles. The maximum Gasteiger partial charge on any atom is 0.228 e. The van der Waals surface area contributed by atoms with E-state index in [1.807, 2.05) is 0 Å². The molecule has 2 fully saturated rings. The van der Waals surface area contributed by atoms with Crippen LogP contribution in [-0.4, -0.2) is 12.5 Å². The highest BCUT2D eigenvalue weighted by Crippen LogP contribution is 2.49. The summed E-state index contributed by atoms with van der Waals surface area (Å²) in [5.41, 5.74) is 0.181. The fourth-order valence-corrected chi connectivity index (χ4v) is 0.965. The van der Waals surface area contributed by atoms with Crippen molar-refractivity contribution in [3.05, 3.63) is 0 Å². The molecular formula is C5H7NO. The topological polar surface area (TPSA) is 29.1 Å². The molecular weight excluding hydrogens is 90.1 g/mol. The average Bonchev–Trinajstić information content (AvgIpc) is 2.40. The van der Waals surface area contributed by atoms with Crippen LogP contribution in [0.5, 0.6) is 0 Å². The summed E-state index contributed by atoms with van der Waals surface area (Å²) in [4.78, 5) is 10.5. The lowest BCUT2D eigenvalue weighted by Gasteiger charge is -2.24. The highest BCUT2D eigenvalue weighted by molar-refractivity contribution is 5.91. The fourth-order valence-electron chi connectivity index (χ4n) is 0.965. The van der Waals surface area contributed by atoms with Gasteiger partial charge in [0.25, 0.3) is 0 Å². The first-order valence-electron chi connectivity index (χ1n) is 2.62. The third-order valence-corrected chi connectivity index (χ3v) is 1.92. The maximum absolute atomic E-state index is 10.5. The second-order valence-electron chi connectivity index (χ2n) is 2.46. The first-order valence-corrected chi connectivity index (χ1v) is 2.62. The molecule has 1 saturated carbocycles. The van der Waals surface area contributed by atoms with Crippen LogP contribution in [0, 0.1) is 5.41 Å². The summed E-state index contributed by atoms with van der Waals surface area (Å²) in [7, 11) is 0. The number of nitrogens with one attached hydrogen (secondary N) is 1. The van der Waals surface area contributed by atoms with Crippen molar-refractivity contribution in [3.8, 4) is 0 Å². The van der Waals surface area contributed by atoms with E-state index in [1.165, 1.54) is 0 Å². The second kappa shape index (κ2) is 0.703. The van der Waals surface area contributed by atoms with Gasteiger partial charge in [0.05, 0.1) is 5.41 Å². The van der Waals surface area contributed by atoms with Gasteiger partial charge in [0.2, 0.25) is 5.91 Å². The van der Waals surface area contributed by atoms with Gasteiger partial charge in [-0.15, -0.1) is 0 Å². The Balaban J connectivity index is 2.23. The minimum absolute atomic E-state index is 0.181. The summed E-state index contributed by atoms with van der Waals surface area (Å²) in [5.74, 6) is 0.285. The largest absolute Gasteiger partial charge is 0.354 e. The van der Waals surface area contributed by atoms with Gasteiger partial charge in [-0.2, -0.15) is 0 Å². The Hall–Kier alpha value is -0.530. The Morgan fingerprint density at radius 3 is 2.29 bits per heavy atom. The molecule has 1 amide bonds. The molecule has 0 unspecified atom stereocenters. The van der Waals surface area contributed by atoms with Crippen molar-refractivity contribution in [1.82, 2.24) is 5.32 Å². The first-order chi connectivity index (χ1) is 3.33. The first kappa shape index (κ1) is 3.47. The molecule has 0 aromatic heterocycles. The Bertz CT molecular complexity index is 126. The lowest BCUT2D eigenvalue weighted by atomic mass is 9.99. The standard InChI is InChI=1S/C5H7NO/c7-4-5(1-2-5)3-6-4/h1-3H2,(H,6,7). The molecule has 1 spiro atoms. The molecule has 2 rings (SSSR count). The van der Waals surface area contributed by atoms with Crippen molar-refractivity contribution in [2.24, 2.45) is 5.41 Å². The molecule has 1 aliphatic carbocycles. The number of β-lactam (4-membered cyclic amide) rings is 1. The van der Waals surface area contributed by atoms with Gasteiger partial charge in [0, 0.05) is 6.54 Å². The highest BCUT2D eigenvalue weighted by Gasteiger charge is 2.55. The van der Waals surface area contributed by atoms with Crippen molar-refractivity contribution < 1.29 is 4.79 Å². The van der Waals surface area contributed by atoms with Crippen LogP contribution in [0.15, 0.2) is 0 Å². The van der Waals surface area contributed by atoms with Gasteiger partial charge < -0.3 is 5.32 Å². The van der Waals surface area contributed by atoms with Gasteiger partial charge >= 0.3 is 0 Å². The number of hydrogen-bond acceptors (Lipinski definition) is 1. The summed E-state index contributed by atoms with van der Waals surface area (Å²) in [6.07, 6.45) is 2.28. The number of amides is 1. The summed E-state index contributed by atoms with van der Waals surface area (Å²) >= 11 is 0. The van der Waals surface area contributed by atoms with Crippen LogP contribution in [0.2, 0.25) is 0 Å². The molecule has 0 radical (unpaired) electrons. The van der Waals surface area contributed by atoms with Crippen LogP contribution in [0.3, 0.4) is 0 Å². The van der Waals surface area contributed by atoms with E-state index in [0.717, 1.165) is 19.4 Å². The van der Waals surface area contributed by atoms with Crippen molar-refractivity contribution in [2.75, 3.05) is 6.54 Å². The Labute approximate surface area is 41.9 Å². The fraction of sp³-hybridized carbons (Fsp3) is 0.800. The molecule has 1 heterocycles. The van der Waals surface area contributed by atoms with Gasteiger partial charge in [-0.1, -0.05) is 0 Å². The van der Waals surface area contributed by atoms with E-state index in [4.69, 9.17) is 0 Å².